The number of nitrogens with two attached hydrogens (primary N) is 2. The summed E-state index contributed by atoms with van der Waals surface area (Å²) in [6, 6.07) is 0. The lowest BCUT2D eigenvalue weighted by atomic mass is 10.1. The number of aromatic amines is 1. The number of piperazine rings is 3. The summed E-state index contributed by atoms with van der Waals surface area (Å²) in [7, 11) is 0. The molecule has 5 heterocycles. The number of quaternary nitrogens is 1. The Bertz CT molecular complexity index is 607. The molecule has 1 atom stereocenters. The molecule has 5 N–H and O–H groups in total. The number of nitrogens with zero attached hydrogens (tertiary/aromatic N) is 5. The Kier molecular flexibility index (Phi) is 3.35. The highest BCUT2D eigenvalue weighted by molar-refractivity contribution is 5.77. The van der Waals surface area contributed by atoms with Crippen molar-refractivity contribution in [2.24, 2.45) is 5.73 Å². The zero-order valence-electron chi connectivity index (χ0n) is 11.0. The van der Waals surface area contributed by atoms with Gasteiger partial charge < -0.3 is 17.4 Å². The maximum atomic E-state index is 6.57. The molecule has 0 aliphatic carbocycles. The quantitative estimate of drug-likeness (QED) is 0.479. The number of aromatic nitrogens is 4. The fourth-order valence-corrected chi connectivity index (χ4v) is 3.05. The van der Waals surface area contributed by atoms with Gasteiger partial charge in [0, 0.05) is 26.2 Å². The molecule has 5 rings (SSSR count). The summed E-state index contributed by atoms with van der Waals surface area (Å²) in [5.41, 5.74) is 8.10. The van der Waals surface area contributed by atoms with Crippen molar-refractivity contribution in [2.45, 2.75) is 5.79 Å². The van der Waals surface area contributed by atoms with Crippen LogP contribution in [0.25, 0.3) is 11.2 Å². The van der Waals surface area contributed by atoms with Crippen molar-refractivity contribution < 1.29 is 17.7 Å². The maximum Gasteiger partial charge on any atom is 0.256 e. The van der Waals surface area contributed by atoms with E-state index in [2.05, 4.69) is 29.7 Å². The van der Waals surface area contributed by atoms with Crippen LogP contribution in [0.2, 0.25) is 0 Å². The van der Waals surface area contributed by atoms with Crippen LogP contribution in [-0.4, -0.2) is 68.2 Å². The third-order valence-electron chi connectivity index (χ3n) is 4.08. The van der Waals surface area contributed by atoms with Crippen LogP contribution in [0.15, 0.2) is 12.7 Å². The number of rotatable bonds is 2. The number of nitrogens with one attached hydrogen (secondary N) is 1. The predicted octanol–water partition coefficient (Wildman–Crippen LogP) is -5.20. The monoisotopic (exact) mass is 296 g/mol. The van der Waals surface area contributed by atoms with Gasteiger partial charge in [-0.2, -0.15) is 4.98 Å². The molecular weight excluding hydrogens is 280 g/mol. The van der Waals surface area contributed by atoms with E-state index in [1.54, 1.807) is 6.33 Å². The van der Waals surface area contributed by atoms with E-state index >= 15 is 0 Å². The largest absolute Gasteiger partial charge is 1.00 e. The lowest BCUT2D eigenvalue weighted by Gasteiger charge is -2.50. The topological polar surface area (TPSA) is 104 Å². The number of H-pyrrole nitrogens is 1. The standard InChI is InChI=1S/C11H16N8.ClH/c12-11(5-18-1-3-19(11)4-2-18)17-10-8-9(14-6-13-8)15-7-16-10;/h6-7H,1-5,12H2,(H2,13,14,15,16,17);1H. The minimum atomic E-state index is -0.442. The summed E-state index contributed by atoms with van der Waals surface area (Å²) >= 11 is 0. The van der Waals surface area contributed by atoms with E-state index in [1.165, 1.54) is 6.33 Å². The molecule has 3 aliphatic heterocycles. The van der Waals surface area contributed by atoms with Crippen LogP contribution in [0.3, 0.4) is 0 Å². The Morgan fingerprint density at radius 2 is 2.00 bits per heavy atom. The molecule has 1 unspecified atom stereocenters. The van der Waals surface area contributed by atoms with Gasteiger partial charge >= 0.3 is 0 Å². The highest BCUT2D eigenvalue weighted by atomic mass is 35.5. The Hall–Kier alpha value is -1.32. The molecule has 3 aliphatic rings. The molecular formula is C11H17ClN8. The van der Waals surface area contributed by atoms with E-state index in [0.717, 1.165) is 44.1 Å². The van der Waals surface area contributed by atoms with Gasteiger partial charge in [-0.15, -0.1) is 0 Å². The highest BCUT2D eigenvalue weighted by Crippen LogP contribution is 2.18. The molecule has 0 saturated carbocycles. The minimum absolute atomic E-state index is 0. The van der Waals surface area contributed by atoms with Gasteiger partial charge in [-0.05, 0) is 0 Å². The highest BCUT2D eigenvalue weighted by Gasteiger charge is 2.46. The van der Waals surface area contributed by atoms with Gasteiger partial charge in [-0.3, -0.25) is 16.0 Å². The molecule has 0 amide bonds. The average Bonchev–Trinajstić information content (AvgIpc) is 2.89. The van der Waals surface area contributed by atoms with Gasteiger partial charge in [-0.25, -0.2) is 14.9 Å². The minimum Gasteiger partial charge on any atom is -1.00 e. The first-order valence-corrected chi connectivity index (χ1v) is 6.51. The second-order valence-corrected chi connectivity index (χ2v) is 5.26. The summed E-state index contributed by atoms with van der Waals surface area (Å²) in [6.07, 6.45) is 3.17. The number of hydrogen-bond donors (Lipinski definition) is 3. The molecule has 8 nitrogen and oxygen atoms in total. The molecule has 20 heavy (non-hydrogen) atoms. The van der Waals surface area contributed by atoms with E-state index in [0.29, 0.717) is 5.65 Å². The van der Waals surface area contributed by atoms with E-state index in [1.807, 2.05) is 5.32 Å². The Labute approximate surface area is 122 Å². The Morgan fingerprint density at radius 3 is 2.70 bits per heavy atom. The summed E-state index contributed by atoms with van der Waals surface area (Å²) < 4.78 is 0. The van der Waals surface area contributed by atoms with E-state index in [-0.39, 0.29) is 12.4 Å². The van der Waals surface area contributed by atoms with Gasteiger partial charge in [0.15, 0.2) is 11.2 Å². The molecule has 0 spiro atoms. The first-order chi connectivity index (χ1) is 9.24. The predicted molar refractivity (Wildman–Crippen MR) is 68.2 cm³/mol. The molecule has 0 aromatic carbocycles. The van der Waals surface area contributed by atoms with Gasteiger partial charge in [-0.1, -0.05) is 0 Å². The van der Waals surface area contributed by atoms with Gasteiger partial charge in [0.05, 0.1) is 12.9 Å². The van der Waals surface area contributed by atoms with Crippen molar-refractivity contribution in [1.82, 2.24) is 29.7 Å². The third-order valence-corrected chi connectivity index (χ3v) is 4.08. The molecule has 3 fully saturated rings. The molecule has 9 heteroatoms. The molecule has 108 valence electrons. The smallest absolute Gasteiger partial charge is 0.256 e. The zero-order valence-corrected chi connectivity index (χ0v) is 11.7. The fraction of sp³-hybridized carbons (Fsp3) is 0.545. The summed E-state index contributed by atoms with van der Waals surface area (Å²) in [4.78, 5) is 20.4. The molecule has 2 aromatic rings. The van der Waals surface area contributed by atoms with Crippen molar-refractivity contribution in [3.05, 3.63) is 12.7 Å². The van der Waals surface area contributed by atoms with Crippen LogP contribution in [0, 0.1) is 0 Å². The summed E-state index contributed by atoms with van der Waals surface area (Å²) in [6.45, 7) is 5.10. The van der Waals surface area contributed by atoms with Gasteiger partial charge in [0.2, 0.25) is 5.79 Å². The Balaban J connectivity index is 0.00000121. The Morgan fingerprint density at radius 1 is 1.20 bits per heavy atom. The van der Waals surface area contributed by atoms with Crippen LogP contribution in [-0.2, 0) is 0 Å². The number of imidazole rings is 1. The van der Waals surface area contributed by atoms with Crippen molar-refractivity contribution in [3.63, 3.8) is 0 Å². The van der Waals surface area contributed by atoms with Crippen molar-refractivity contribution in [3.8, 4) is 0 Å². The first kappa shape index (κ1) is 13.7. The van der Waals surface area contributed by atoms with E-state index in [4.69, 9.17) is 5.73 Å². The summed E-state index contributed by atoms with van der Waals surface area (Å²) in [5, 5.41) is 2.04. The van der Waals surface area contributed by atoms with Crippen LogP contribution in [0.4, 0.5) is 5.82 Å². The average molecular weight is 297 g/mol. The van der Waals surface area contributed by atoms with Crippen LogP contribution in [0.1, 0.15) is 0 Å². The number of hydrogen-bond acceptors (Lipinski definition) is 6. The second-order valence-electron chi connectivity index (χ2n) is 5.26. The fourth-order valence-electron chi connectivity index (χ4n) is 3.05. The maximum absolute atomic E-state index is 6.57. The number of halogens is 1. The van der Waals surface area contributed by atoms with Crippen molar-refractivity contribution >= 4 is 17.0 Å². The molecule has 0 radical (unpaired) electrons. The lowest BCUT2D eigenvalue weighted by Crippen LogP contribution is -3.04. The van der Waals surface area contributed by atoms with E-state index < -0.39 is 5.79 Å². The van der Waals surface area contributed by atoms with Gasteiger partial charge in [0.25, 0.3) is 5.82 Å². The van der Waals surface area contributed by atoms with Gasteiger partial charge in [0.1, 0.15) is 6.33 Å². The molecule has 3 saturated heterocycles. The van der Waals surface area contributed by atoms with Crippen LogP contribution in [0.5, 0.6) is 0 Å². The lowest BCUT2D eigenvalue weighted by molar-refractivity contribution is -0.689. The van der Waals surface area contributed by atoms with Crippen LogP contribution < -0.4 is 23.5 Å². The number of fused-ring (bicyclic) bond motifs is 4. The molecule has 2 aromatic heterocycles. The first-order valence-electron chi connectivity index (χ1n) is 6.51. The normalized spacial score (nSPS) is 32.2. The summed E-state index contributed by atoms with van der Waals surface area (Å²) in [5.74, 6) is 0.391. The second kappa shape index (κ2) is 4.90. The SMILES string of the molecule is NC1([NH2+]c2ncnc3nc[nH]c23)CN2CCN1CC2.[Cl-]. The van der Waals surface area contributed by atoms with Crippen molar-refractivity contribution in [2.75, 3.05) is 32.7 Å². The van der Waals surface area contributed by atoms with E-state index in [9.17, 15) is 0 Å². The van der Waals surface area contributed by atoms with Crippen molar-refractivity contribution in [1.29, 1.82) is 0 Å². The zero-order chi connectivity index (χ0) is 12.9. The van der Waals surface area contributed by atoms with Crippen LogP contribution >= 0.6 is 0 Å². The molecule has 2 bridgehead atoms. The third kappa shape index (κ3) is 2.05.